The van der Waals surface area contributed by atoms with Gasteiger partial charge in [0.25, 0.3) is 0 Å². The van der Waals surface area contributed by atoms with Crippen molar-refractivity contribution in [3.05, 3.63) is 58.3 Å². The summed E-state index contributed by atoms with van der Waals surface area (Å²) in [7, 11) is 0. The predicted octanol–water partition coefficient (Wildman–Crippen LogP) is 3.44. The topological polar surface area (TPSA) is 12.0 Å². The number of nitrogens with one attached hydrogen (secondary N) is 1. The summed E-state index contributed by atoms with van der Waals surface area (Å²) in [5.41, 5.74) is 1.44. The minimum atomic E-state index is 0.607. The number of hydrogen-bond acceptors (Lipinski definition) is 2. The van der Waals surface area contributed by atoms with Crippen LogP contribution in [0.1, 0.15) is 22.8 Å². The average Bonchev–Trinajstić information content (AvgIpc) is 3.00. The highest BCUT2D eigenvalue weighted by Crippen LogP contribution is 2.32. The highest BCUT2D eigenvalue weighted by Gasteiger charge is 2.28. The van der Waals surface area contributed by atoms with Crippen LogP contribution in [0, 0.1) is 0 Å². The second-order valence-corrected chi connectivity index (χ2v) is 5.64. The molecule has 1 aliphatic heterocycles. The van der Waals surface area contributed by atoms with Crippen molar-refractivity contribution in [3.8, 4) is 0 Å². The second-order valence-electron chi connectivity index (χ2n) is 4.66. The maximum absolute atomic E-state index is 3.65. The molecule has 1 aromatic carbocycles. The van der Waals surface area contributed by atoms with E-state index in [0.29, 0.717) is 12.0 Å². The molecule has 3 rings (SSSR count). The fraction of sp³-hybridized carbons (Fsp3) is 0.333. The number of rotatable bonds is 3. The fourth-order valence-electron chi connectivity index (χ4n) is 2.69. The Morgan fingerprint density at radius 2 is 2.00 bits per heavy atom. The third kappa shape index (κ3) is 2.43. The summed E-state index contributed by atoms with van der Waals surface area (Å²) in [6.45, 7) is 1.15. The molecule has 0 amide bonds. The first kappa shape index (κ1) is 11.0. The van der Waals surface area contributed by atoms with E-state index in [-0.39, 0.29) is 0 Å². The quantitative estimate of drug-likeness (QED) is 0.871. The standard InChI is InChI=1S/C15H17NS/c1-2-5-12(6-3-1)11-14-13(8-9-16-14)15-7-4-10-17-15/h1-7,10,13-14,16H,8-9,11H2. The van der Waals surface area contributed by atoms with Gasteiger partial charge in [0.05, 0.1) is 0 Å². The minimum absolute atomic E-state index is 0.607. The normalized spacial score (nSPS) is 24.0. The molecule has 0 aliphatic carbocycles. The fourth-order valence-corrected chi connectivity index (χ4v) is 3.62. The molecular weight excluding hydrogens is 226 g/mol. The maximum atomic E-state index is 3.65. The lowest BCUT2D eigenvalue weighted by atomic mass is 9.93. The molecule has 2 heterocycles. The van der Waals surface area contributed by atoms with Crippen LogP contribution in [0.5, 0.6) is 0 Å². The van der Waals surface area contributed by atoms with E-state index < -0.39 is 0 Å². The van der Waals surface area contributed by atoms with Crippen molar-refractivity contribution < 1.29 is 0 Å². The van der Waals surface area contributed by atoms with Crippen LogP contribution < -0.4 is 5.32 Å². The van der Waals surface area contributed by atoms with Gasteiger partial charge in [-0.1, -0.05) is 36.4 Å². The number of benzene rings is 1. The SMILES string of the molecule is c1ccc(CC2NCCC2c2cccs2)cc1. The molecule has 1 saturated heterocycles. The summed E-state index contributed by atoms with van der Waals surface area (Å²) < 4.78 is 0. The minimum Gasteiger partial charge on any atom is -0.313 e. The largest absolute Gasteiger partial charge is 0.313 e. The van der Waals surface area contributed by atoms with Crippen molar-refractivity contribution in [2.24, 2.45) is 0 Å². The van der Waals surface area contributed by atoms with Gasteiger partial charge in [-0.25, -0.2) is 0 Å². The summed E-state index contributed by atoms with van der Waals surface area (Å²) in [4.78, 5) is 1.54. The van der Waals surface area contributed by atoms with Crippen LogP contribution in [0.25, 0.3) is 0 Å². The molecule has 1 N–H and O–H groups in total. The van der Waals surface area contributed by atoms with Crippen LogP contribution in [0.15, 0.2) is 47.8 Å². The Kier molecular flexibility index (Phi) is 3.25. The van der Waals surface area contributed by atoms with Gasteiger partial charge < -0.3 is 5.32 Å². The summed E-state index contributed by atoms with van der Waals surface area (Å²) >= 11 is 1.89. The van der Waals surface area contributed by atoms with Gasteiger partial charge in [-0.05, 0) is 36.4 Å². The molecule has 88 valence electrons. The smallest absolute Gasteiger partial charge is 0.0184 e. The van der Waals surface area contributed by atoms with Gasteiger partial charge in [-0.3, -0.25) is 0 Å². The lowest BCUT2D eigenvalue weighted by Crippen LogP contribution is -2.27. The Hall–Kier alpha value is -1.12. The molecule has 0 saturated carbocycles. The molecule has 2 aromatic rings. The first-order valence-corrected chi connectivity index (χ1v) is 7.12. The van der Waals surface area contributed by atoms with Gasteiger partial charge in [0.2, 0.25) is 0 Å². The highest BCUT2D eigenvalue weighted by molar-refractivity contribution is 7.10. The van der Waals surface area contributed by atoms with E-state index in [1.807, 2.05) is 11.3 Å². The van der Waals surface area contributed by atoms with Crippen LogP contribution in [-0.2, 0) is 6.42 Å². The summed E-state index contributed by atoms with van der Waals surface area (Å²) in [6, 6.07) is 15.8. The molecule has 17 heavy (non-hydrogen) atoms. The Balaban J connectivity index is 1.75. The van der Waals surface area contributed by atoms with E-state index in [4.69, 9.17) is 0 Å². The van der Waals surface area contributed by atoms with E-state index in [1.54, 1.807) is 0 Å². The predicted molar refractivity (Wildman–Crippen MR) is 73.6 cm³/mol. The third-order valence-corrected chi connectivity index (χ3v) is 4.56. The second kappa shape index (κ2) is 5.03. The lowest BCUT2D eigenvalue weighted by molar-refractivity contribution is 0.550. The van der Waals surface area contributed by atoms with Crippen molar-refractivity contribution >= 4 is 11.3 Å². The van der Waals surface area contributed by atoms with Crippen LogP contribution in [0.3, 0.4) is 0 Å². The summed E-state index contributed by atoms with van der Waals surface area (Å²) in [5, 5.41) is 5.84. The molecule has 2 unspecified atom stereocenters. The molecule has 2 heteroatoms. The molecule has 1 aromatic heterocycles. The molecule has 0 bridgehead atoms. The van der Waals surface area contributed by atoms with Gasteiger partial charge in [0.1, 0.15) is 0 Å². The molecule has 1 fully saturated rings. The van der Waals surface area contributed by atoms with Gasteiger partial charge in [0, 0.05) is 16.8 Å². The van der Waals surface area contributed by atoms with E-state index in [9.17, 15) is 0 Å². The molecule has 1 nitrogen and oxygen atoms in total. The Morgan fingerprint density at radius 1 is 1.12 bits per heavy atom. The van der Waals surface area contributed by atoms with Crippen LogP contribution >= 0.6 is 11.3 Å². The average molecular weight is 243 g/mol. The van der Waals surface area contributed by atoms with E-state index in [0.717, 1.165) is 13.0 Å². The van der Waals surface area contributed by atoms with Crippen molar-refractivity contribution in [1.29, 1.82) is 0 Å². The van der Waals surface area contributed by atoms with E-state index in [2.05, 4.69) is 53.2 Å². The Labute approximate surface area is 106 Å². The first-order valence-electron chi connectivity index (χ1n) is 6.24. The van der Waals surface area contributed by atoms with Crippen molar-refractivity contribution in [3.63, 3.8) is 0 Å². The van der Waals surface area contributed by atoms with Crippen LogP contribution in [-0.4, -0.2) is 12.6 Å². The maximum Gasteiger partial charge on any atom is 0.0184 e. The van der Waals surface area contributed by atoms with Crippen LogP contribution in [0.2, 0.25) is 0 Å². The molecule has 0 spiro atoms. The molecule has 1 aliphatic rings. The zero-order valence-electron chi connectivity index (χ0n) is 9.80. The lowest BCUT2D eigenvalue weighted by Gasteiger charge is -2.18. The zero-order valence-corrected chi connectivity index (χ0v) is 10.6. The van der Waals surface area contributed by atoms with Gasteiger partial charge in [-0.15, -0.1) is 11.3 Å². The van der Waals surface area contributed by atoms with Crippen molar-refractivity contribution in [1.82, 2.24) is 5.32 Å². The Morgan fingerprint density at radius 3 is 2.76 bits per heavy atom. The van der Waals surface area contributed by atoms with Crippen molar-refractivity contribution in [2.75, 3.05) is 6.54 Å². The molecule has 2 atom stereocenters. The van der Waals surface area contributed by atoms with Gasteiger partial charge in [0.15, 0.2) is 0 Å². The van der Waals surface area contributed by atoms with Gasteiger partial charge in [-0.2, -0.15) is 0 Å². The first-order chi connectivity index (χ1) is 8.43. The molecule has 0 radical (unpaired) electrons. The van der Waals surface area contributed by atoms with Crippen molar-refractivity contribution in [2.45, 2.75) is 24.8 Å². The summed E-state index contributed by atoms with van der Waals surface area (Å²) in [5.74, 6) is 0.704. The monoisotopic (exact) mass is 243 g/mol. The van der Waals surface area contributed by atoms with E-state index in [1.165, 1.54) is 16.9 Å². The highest BCUT2D eigenvalue weighted by atomic mass is 32.1. The van der Waals surface area contributed by atoms with E-state index >= 15 is 0 Å². The van der Waals surface area contributed by atoms with Crippen LogP contribution in [0.4, 0.5) is 0 Å². The Bertz CT molecular complexity index is 449. The molecular formula is C15H17NS. The third-order valence-electron chi connectivity index (χ3n) is 3.55. The zero-order chi connectivity index (χ0) is 11.5. The summed E-state index contributed by atoms with van der Waals surface area (Å²) in [6.07, 6.45) is 2.42. The number of hydrogen-bond donors (Lipinski definition) is 1. The van der Waals surface area contributed by atoms with Gasteiger partial charge >= 0.3 is 0 Å². The number of thiophene rings is 1.